The number of carbonyl (C=O) groups is 2. The van der Waals surface area contributed by atoms with E-state index in [1.54, 1.807) is 24.3 Å². The number of esters is 2. The zero-order valence-corrected chi connectivity index (χ0v) is 12.3. The lowest BCUT2D eigenvalue weighted by Crippen LogP contribution is -2.39. The zero-order chi connectivity index (χ0) is 16.1. The van der Waals surface area contributed by atoms with Crippen molar-refractivity contribution in [3.8, 4) is 0 Å². The molecule has 1 aromatic carbocycles. The highest BCUT2D eigenvalue weighted by atomic mass is 19.1. The molecule has 118 valence electrons. The van der Waals surface area contributed by atoms with Gasteiger partial charge in [0.2, 0.25) is 0 Å². The van der Waals surface area contributed by atoms with E-state index >= 15 is 0 Å². The zero-order valence-electron chi connectivity index (χ0n) is 12.3. The summed E-state index contributed by atoms with van der Waals surface area (Å²) >= 11 is 0. The molecule has 0 unspecified atom stereocenters. The summed E-state index contributed by atoms with van der Waals surface area (Å²) in [6.07, 6.45) is 1.74. The van der Waals surface area contributed by atoms with Crippen LogP contribution in [0.5, 0.6) is 0 Å². The van der Waals surface area contributed by atoms with Crippen molar-refractivity contribution in [2.75, 3.05) is 6.61 Å². The van der Waals surface area contributed by atoms with Crippen molar-refractivity contribution < 1.29 is 28.2 Å². The minimum Gasteiger partial charge on any atom is -0.463 e. The first kappa shape index (κ1) is 16.2. The van der Waals surface area contributed by atoms with Gasteiger partial charge in [-0.15, -0.1) is 0 Å². The Labute approximate surface area is 127 Å². The van der Waals surface area contributed by atoms with Gasteiger partial charge in [0.05, 0.1) is 0 Å². The van der Waals surface area contributed by atoms with Crippen LogP contribution in [-0.4, -0.2) is 30.8 Å². The fourth-order valence-electron chi connectivity index (χ4n) is 2.13. The number of benzene rings is 1. The summed E-state index contributed by atoms with van der Waals surface area (Å²) in [6, 6.07) is 5.90. The predicted octanol–water partition coefficient (Wildman–Crippen LogP) is 2.32. The van der Waals surface area contributed by atoms with E-state index in [9.17, 15) is 14.0 Å². The maximum Gasteiger partial charge on any atom is 0.303 e. The van der Waals surface area contributed by atoms with E-state index in [2.05, 4.69) is 0 Å². The second-order valence-corrected chi connectivity index (χ2v) is 4.91. The second-order valence-electron chi connectivity index (χ2n) is 4.91. The normalized spacial score (nSPS) is 23.9. The van der Waals surface area contributed by atoms with Crippen molar-refractivity contribution in [2.45, 2.75) is 32.2 Å². The first-order valence-electron chi connectivity index (χ1n) is 6.85. The maximum absolute atomic E-state index is 13.0. The molecule has 1 heterocycles. The Bertz CT molecular complexity index is 566. The van der Waals surface area contributed by atoms with Crippen LogP contribution in [0.2, 0.25) is 0 Å². The van der Waals surface area contributed by atoms with Crippen LogP contribution < -0.4 is 0 Å². The topological polar surface area (TPSA) is 61.8 Å². The van der Waals surface area contributed by atoms with Gasteiger partial charge in [0.1, 0.15) is 30.7 Å². The number of hydrogen-bond donors (Lipinski definition) is 0. The van der Waals surface area contributed by atoms with Gasteiger partial charge in [0, 0.05) is 13.8 Å². The predicted molar refractivity (Wildman–Crippen MR) is 75.3 cm³/mol. The lowest BCUT2D eigenvalue weighted by molar-refractivity contribution is -0.163. The van der Waals surface area contributed by atoms with Gasteiger partial charge in [0.15, 0.2) is 0 Å². The van der Waals surface area contributed by atoms with Crippen LogP contribution in [0.1, 0.15) is 25.5 Å². The van der Waals surface area contributed by atoms with Crippen molar-refractivity contribution >= 4 is 11.9 Å². The highest BCUT2D eigenvalue weighted by Crippen LogP contribution is 2.28. The summed E-state index contributed by atoms with van der Waals surface area (Å²) in [4.78, 5) is 22.1. The SMILES string of the molecule is CC(=O)OC[C@H]1O[C@H](c2ccc(F)cc2)C=C[C@H]1OC(C)=O. The lowest BCUT2D eigenvalue weighted by atomic mass is 10.0. The van der Waals surface area contributed by atoms with Gasteiger partial charge in [-0.3, -0.25) is 9.59 Å². The third kappa shape index (κ3) is 4.39. The van der Waals surface area contributed by atoms with Crippen LogP contribution in [0.15, 0.2) is 36.4 Å². The molecule has 0 radical (unpaired) electrons. The van der Waals surface area contributed by atoms with Crippen molar-refractivity contribution in [3.05, 3.63) is 47.8 Å². The summed E-state index contributed by atoms with van der Waals surface area (Å²) in [5.74, 6) is -1.23. The van der Waals surface area contributed by atoms with Gasteiger partial charge in [-0.25, -0.2) is 4.39 Å². The summed E-state index contributed by atoms with van der Waals surface area (Å²) in [5, 5.41) is 0. The van der Waals surface area contributed by atoms with Crippen LogP contribution in [0.25, 0.3) is 0 Å². The van der Waals surface area contributed by atoms with Crippen LogP contribution in [0.3, 0.4) is 0 Å². The molecule has 6 heteroatoms. The average Bonchev–Trinajstić information content (AvgIpc) is 2.46. The molecule has 0 N–H and O–H groups in total. The third-order valence-electron chi connectivity index (χ3n) is 3.11. The van der Waals surface area contributed by atoms with E-state index in [1.807, 2.05) is 0 Å². The molecular weight excluding hydrogens is 291 g/mol. The molecule has 0 saturated heterocycles. The Morgan fingerprint density at radius 3 is 2.41 bits per heavy atom. The third-order valence-corrected chi connectivity index (χ3v) is 3.11. The fourth-order valence-corrected chi connectivity index (χ4v) is 2.13. The van der Waals surface area contributed by atoms with Crippen molar-refractivity contribution in [1.82, 2.24) is 0 Å². The van der Waals surface area contributed by atoms with Crippen LogP contribution >= 0.6 is 0 Å². The molecule has 3 atom stereocenters. The van der Waals surface area contributed by atoms with E-state index in [4.69, 9.17) is 14.2 Å². The molecule has 5 nitrogen and oxygen atoms in total. The highest BCUT2D eigenvalue weighted by Gasteiger charge is 2.31. The molecule has 1 aromatic rings. The molecule has 0 fully saturated rings. The number of carbonyl (C=O) groups excluding carboxylic acids is 2. The largest absolute Gasteiger partial charge is 0.463 e. The minimum atomic E-state index is -0.631. The van der Waals surface area contributed by atoms with Gasteiger partial charge in [-0.2, -0.15) is 0 Å². The molecule has 0 amide bonds. The Hall–Kier alpha value is -2.21. The first-order chi connectivity index (χ1) is 10.5. The first-order valence-corrected chi connectivity index (χ1v) is 6.85. The Balaban J connectivity index is 2.13. The van der Waals surface area contributed by atoms with Crippen molar-refractivity contribution in [1.29, 1.82) is 0 Å². The van der Waals surface area contributed by atoms with Crippen LogP contribution in [-0.2, 0) is 23.8 Å². The van der Waals surface area contributed by atoms with E-state index in [1.165, 1.54) is 26.0 Å². The molecule has 2 rings (SSSR count). The van der Waals surface area contributed by atoms with Gasteiger partial charge in [0.25, 0.3) is 0 Å². The Morgan fingerprint density at radius 1 is 1.14 bits per heavy atom. The molecular formula is C16H17FO5. The summed E-state index contributed by atoms with van der Waals surface area (Å²) < 4.78 is 28.9. The van der Waals surface area contributed by atoms with Gasteiger partial charge >= 0.3 is 11.9 Å². The van der Waals surface area contributed by atoms with E-state index in [-0.39, 0.29) is 12.4 Å². The lowest BCUT2D eigenvalue weighted by Gasteiger charge is -2.31. The van der Waals surface area contributed by atoms with Gasteiger partial charge < -0.3 is 14.2 Å². The fraction of sp³-hybridized carbons (Fsp3) is 0.375. The molecule has 0 saturated carbocycles. The van der Waals surface area contributed by atoms with E-state index in [0.717, 1.165) is 5.56 Å². The summed E-state index contributed by atoms with van der Waals surface area (Å²) in [6.45, 7) is 2.55. The average molecular weight is 308 g/mol. The Morgan fingerprint density at radius 2 is 1.82 bits per heavy atom. The minimum absolute atomic E-state index is 0.0324. The highest BCUT2D eigenvalue weighted by molar-refractivity contribution is 5.66. The molecule has 0 aromatic heterocycles. The van der Waals surface area contributed by atoms with Crippen LogP contribution in [0.4, 0.5) is 4.39 Å². The monoisotopic (exact) mass is 308 g/mol. The molecule has 0 aliphatic carbocycles. The smallest absolute Gasteiger partial charge is 0.303 e. The van der Waals surface area contributed by atoms with Gasteiger partial charge in [-0.05, 0) is 23.8 Å². The van der Waals surface area contributed by atoms with E-state index < -0.39 is 30.3 Å². The van der Waals surface area contributed by atoms with Crippen molar-refractivity contribution in [2.24, 2.45) is 0 Å². The van der Waals surface area contributed by atoms with Crippen molar-refractivity contribution in [3.63, 3.8) is 0 Å². The standard InChI is InChI=1S/C16H17FO5/c1-10(18)20-9-16-15(21-11(2)19)8-7-14(22-16)12-3-5-13(17)6-4-12/h3-8,14-16H,9H2,1-2H3/t14-,15+,16+/m0/s1. The maximum atomic E-state index is 13.0. The quantitative estimate of drug-likeness (QED) is 0.631. The number of ether oxygens (including phenoxy) is 3. The van der Waals surface area contributed by atoms with Crippen LogP contribution in [0, 0.1) is 5.82 Å². The Kier molecular flexibility index (Phi) is 5.27. The summed E-state index contributed by atoms with van der Waals surface area (Å²) in [7, 11) is 0. The summed E-state index contributed by atoms with van der Waals surface area (Å²) in [5.41, 5.74) is 0.756. The molecule has 0 spiro atoms. The molecule has 22 heavy (non-hydrogen) atoms. The van der Waals surface area contributed by atoms with Gasteiger partial charge in [-0.1, -0.05) is 18.2 Å². The number of rotatable bonds is 4. The number of halogens is 1. The molecule has 1 aliphatic heterocycles. The molecule has 1 aliphatic rings. The molecule has 0 bridgehead atoms. The number of hydrogen-bond acceptors (Lipinski definition) is 5. The second kappa shape index (κ2) is 7.17. The van der Waals surface area contributed by atoms with E-state index in [0.29, 0.717) is 0 Å².